The van der Waals surface area contributed by atoms with E-state index in [0.717, 1.165) is 24.8 Å². The largest absolute Gasteiger partial charge is 0.404 e. The maximum Gasteiger partial charge on any atom is 0.261 e. The van der Waals surface area contributed by atoms with E-state index in [1.807, 2.05) is 0 Å². The molecule has 0 unspecified atom stereocenters. The standard InChI is InChI=1S/C30H40OSi2/c1-8-9-10-13-18-27(24-26-32(5,6)7)23-25-31-33(30(2,3)4,28-19-14-11-15-20-28)29-21-16-12-17-22-29/h11-12,14-17,19-23H,8-10,25H2,1-7H3/b27-23+. The Kier molecular flexibility index (Phi) is 9.99. The van der Waals surface area contributed by atoms with Crippen molar-refractivity contribution in [1.82, 2.24) is 0 Å². The molecule has 0 aliphatic rings. The van der Waals surface area contributed by atoms with E-state index in [0.29, 0.717) is 6.61 Å². The lowest BCUT2D eigenvalue weighted by Gasteiger charge is -2.42. The van der Waals surface area contributed by atoms with Gasteiger partial charge in [0.05, 0.1) is 12.2 Å². The predicted octanol–water partition coefficient (Wildman–Crippen LogP) is 6.56. The van der Waals surface area contributed by atoms with E-state index in [9.17, 15) is 0 Å². The first-order valence-electron chi connectivity index (χ1n) is 12.1. The normalized spacial score (nSPS) is 12.4. The molecule has 0 radical (unpaired) electrons. The Morgan fingerprint density at radius 1 is 0.879 bits per heavy atom. The van der Waals surface area contributed by atoms with Gasteiger partial charge < -0.3 is 4.43 Å². The van der Waals surface area contributed by atoms with Crippen LogP contribution >= 0.6 is 0 Å². The van der Waals surface area contributed by atoms with Crippen molar-refractivity contribution in [3.8, 4) is 23.3 Å². The van der Waals surface area contributed by atoms with Crippen LogP contribution in [0.4, 0.5) is 0 Å². The molecule has 0 fully saturated rings. The zero-order valence-electron chi connectivity index (χ0n) is 21.6. The van der Waals surface area contributed by atoms with Crippen LogP contribution < -0.4 is 10.4 Å². The van der Waals surface area contributed by atoms with Crippen LogP contribution in [0, 0.1) is 23.3 Å². The second-order valence-electron chi connectivity index (χ2n) is 10.5. The molecule has 2 rings (SSSR count). The van der Waals surface area contributed by atoms with Crippen LogP contribution in [0.3, 0.4) is 0 Å². The van der Waals surface area contributed by atoms with E-state index in [-0.39, 0.29) is 5.04 Å². The maximum absolute atomic E-state index is 6.99. The summed E-state index contributed by atoms with van der Waals surface area (Å²) in [6.07, 6.45) is 5.30. The van der Waals surface area contributed by atoms with E-state index >= 15 is 0 Å². The number of allylic oxidation sites excluding steroid dienone is 1. The Morgan fingerprint density at radius 3 is 1.88 bits per heavy atom. The number of hydrogen-bond acceptors (Lipinski definition) is 1. The molecule has 0 spiro atoms. The summed E-state index contributed by atoms with van der Waals surface area (Å²) in [5.41, 5.74) is 4.37. The molecule has 33 heavy (non-hydrogen) atoms. The van der Waals surface area contributed by atoms with Gasteiger partial charge >= 0.3 is 0 Å². The van der Waals surface area contributed by atoms with Crippen molar-refractivity contribution in [2.24, 2.45) is 0 Å². The van der Waals surface area contributed by atoms with E-state index in [2.05, 4.69) is 137 Å². The molecular formula is C30H40OSi2. The smallest absolute Gasteiger partial charge is 0.261 e. The minimum absolute atomic E-state index is 0.0412. The van der Waals surface area contributed by atoms with E-state index in [4.69, 9.17) is 4.43 Å². The first kappa shape index (κ1) is 26.9. The van der Waals surface area contributed by atoms with Crippen molar-refractivity contribution < 1.29 is 4.43 Å². The predicted molar refractivity (Wildman–Crippen MR) is 150 cm³/mol. The fourth-order valence-corrected chi connectivity index (χ4v) is 8.82. The number of benzene rings is 2. The maximum atomic E-state index is 6.99. The van der Waals surface area contributed by atoms with E-state index in [1.165, 1.54) is 10.4 Å². The molecule has 0 N–H and O–H groups in total. The summed E-state index contributed by atoms with van der Waals surface area (Å²) >= 11 is 0. The van der Waals surface area contributed by atoms with Gasteiger partial charge in [-0.05, 0) is 27.9 Å². The van der Waals surface area contributed by atoms with Crippen LogP contribution in [0.15, 0.2) is 72.3 Å². The Balaban J connectivity index is 2.49. The van der Waals surface area contributed by atoms with Gasteiger partial charge in [0.15, 0.2) is 0 Å². The van der Waals surface area contributed by atoms with Gasteiger partial charge in [0.1, 0.15) is 8.07 Å². The molecule has 0 atom stereocenters. The van der Waals surface area contributed by atoms with E-state index in [1.54, 1.807) is 0 Å². The molecule has 0 amide bonds. The SMILES string of the molecule is CCCCC#C/C(C#C[Si](C)(C)C)=C\CO[Si](c1ccccc1)(c1ccccc1)C(C)(C)C. The van der Waals surface area contributed by atoms with Gasteiger partial charge in [0, 0.05) is 6.42 Å². The third-order valence-electron chi connectivity index (χ3n) is 5.45. The van der Waals surface area contributed by atoms with Crippen LogP contribution in [0.2, 0.25) is 24.7 Å². The molecule has 0 saturated carbocycles. The molecule has 0 heterocycles. The molecule has 0 aliphatic carbocycles. The monoisotopic (exact) mass is 472 g/mol. The Labute approximate surface area is 204 Å². The summed E-state index contributed by atoms with van der Waals surface area (Å²) in [7, 11) is -4.04. The van der Waals surface area contributed by atoms with Crippen LogP contribution in [-0.2, 0) is 4.43 Å². The minimum Gasteiger partial charge on any atom is -0.404 e. The zero-order chi connectivity index (χ0) is 24.4. The van der Waals surface area contributed by atoms with Gasteiger partial charge in [-0.1, -0.05) is 132 Å². The highest BCUT2D eigenvalue weighted by molar-refractivity contribution is 6.99. The fourth-order valence-electron chi connectivity index (χ4n) is 3.82. The van der Waals surface area contributed by atoms with Crippen molar-refractivity contribution in [1.29, 1.82) is 0 Å². The van der Waals surface area contributed by atoms with Gasteiger partial charge in [-0.15, -0.1) is 5.54 Å². The average Bonchev–Trinajstić information content (AvgIpc) is 2.77. The quantitative estimate of drug-likeness (QED) is 0.252. The molecule has 0 aliphatic heterocycles. The molecule has 1 nitrogen and oxygen atoms in total. The highest BCUT2D eigenvalue weighted by atomic mass is 28.4. The zero-order valence-corrected chi connectivity index (χ0v) is 23.6. The Hall–Kier alpha value is -2.31. The van der Waals surface area contributed by atoms with Crippen LogP contribution in [0.5, 0.6) is 0 Å². The van der Waals surface area contributed by atoms with Gasteiger partial charge in [0.2, 0.25) is 0 Å². The fraction of sp³-hybridized carbons (Fsp3) is 0.400. The molecule has 0 saturated heterocycles. The minimum atomic E-state index is -2.55. The molecular weight excluding hydrogens is 433 g/mol. The second-order valence-corrected chi connectivity index (χ2v) is 19.6. The van der Waals surface area contributed by atoms with Crippen molar-refractivity contribution in [2.75, 3.05) is 6.61 Å². The molecule has 3 heteroatoms. The molecule has 2 aromatic carbocycles. The number of rotatable bonds is 7. The first-order valence-corrected chi connectivity index (χ1v) is 17.5. The summed E-state index contributed by atoms with van der Waals surface area (Å²) < 4.78 is 6.99. The van der Waals surface area contributed by atoms with Crippen LogP contribution in [0.25, 0.3) is 0 Å². The number of hydrogen-bond donors (Lipinski definition) is 0. The van der Waals surface area contributed by atoms with Crippen molar-refractivity contribution >= 4 is 26.8 Å². The highest BCUT2D eigenvalue weighted by Gasteiger charge is 2.49. The third kappa shape index (κ3) is 7.90. The molecule has 0 bridgehead atoms. The summed E-state index contributed by atoms with van der Waals surface area (Å²) in [5, 5.41) is 2.54. The van der Waals surface area contributed by atoms with Crippen molar-refractivity contribution in [3.63, 3.8) is 0 Å². The lowest BCUT2D eigenvalue weighted by Crippen LogP contribution is -2.66. The van der Waals surface area contributed by atoms with Crippen LogP contribution in [0.1, 0.15) is 47.0 Å². The summed E-state index contributed by atoms with van der Waals surface area (Å²) in [4.78, 5) is 0. The first-order chi connectivity index (χ1) is 15.6. The lowest BCUT2D eigenvalue weighted by molar-refractivity contribution is 0.339. The van der Waals surface area contributed by atoms with Gasteiger partial charge in [0.25, 0.3) is 8.32 Å². The van der Waals surface area contributed by atoms with E-state index < -0.39 is 16.4 Å². The van der Waals surface area contributed by atoms with Gasteiger partial charge in [-0.2, -0.15) is 0 Å². The third-order valence-corrected chi connectivity index (χ3v) is 11.3. The Morgan fingerprint density at radius 2 is 1.42 bits per heavy atom. The van der Waals surface area contributed by atoms with Crippen molar-refractivity contribution in [3.05, 3.63) is 72.3 Å². The summed E-state index contributed by atoms with van der Waals surface area (Å²) in [6.45, 7) is 16.4. The van der Waals surface area contributed by atoms with Gasteiger partial charge in [-0.25, -0.2) is 0 Å². The lowest BCUT2D eigenvalue weighted by atomic mass is 10.2. The van der Waals surface area contributed by atoms with Crippen LogP contribution in [-0.4, -0.2) is 23.0 Å². The molecule has 0 aromatic heterocycles. The molecule has 2 aromatic rings. The second kappa shape index (κ2) is 12.2. The topological polar surface area (TPSA) is 9.23 Å². The average molecular weight is 473 g/mol. The highest BCUT2D eigenvalue weighted by Crippen LogP contribution is 2.36. The summed E-state index contributed by atoms with van der Waals surface area (Å²) in [6, 6.07) is 21.5. The summed E-state index contributed by atoms with van der Waals surface area (Å²) in [5.74, 6) is 10.0. The number of unbranched alkanes of at least 4 members (excludes halogenated alkanes) is 2. The Bertz CT molecular complexity index is 978. The van der Waals surface area contributed by atoms with Crippen molar-refractivity contribution in [2.45, 2.75) is 71.6 Å². The van der Waals surface area contributed by atoms with Gasteiger partial charge in [-0.3, -0.25) is 0 Å². The molecule has 174 valence electrons.